The highest BCUT2D eigenvalue weighted by Crippen LogP contribution is 2.53. The lowest BCUT2D eigenvalue weighted by Gasteiger charge is -2.42. The standard InChI is InChI=1S/C11H16O4/c1-3-13-10-6-5-9(7-10)15-11(10,8-12)14-4-2/h3-4,9,12H,1-2,5-8H2. The molecular formula is C11H16O4. The number of aliphatic hydroxyl groups is 1. The van der Waals surface area contributed by atoms with Crippen molar-refractivity contribution in [3.05, 3.63) is 25.7 Å². The molecule has 0 aromatic carbocycles. The second kappa shape index (κ2) is 3.54. The predicted octanol–water partition coefficient (Wildman–Crippen LogP) is 1.32. The molecule has 3 unspecified atom stereocenters. The maximum absolute atomic E-state index is 9.45. The minimum Gasteiger partial charge on any atom is -0.488 e. The normalized spacial score (nSPS) is 42.6. The Hall–Kier alpha value is -1.00. The zero-order valence-corrected chi connectivity index (χ0v) is 8.65. The first-order valence-electron chi connectivity index (χ1n) is 5.08. The third kappa shape index (κ3) is 1.28. The van der Waals surface area contributed by atoms with E-state index >= 15 is 0 Å². The Morgan fingerprint density at radius 1 is 1.40 bits per heavy atom. The van der Waals surface area contributed by atoms with Gasteiger partial charge in [0.2, 0.25) is 0 Å². The van der Waals surface area contributed by atoms with Crippen LogP contribution in [-0.4, -0.2) is 29.2 Å². The van der Waals surface area contributed by atoms with E-state index in [1.165, 1.54) is 12.5 Å². The summed E-state index contributed by atoms with van der Waals surface area (Å²) in [6.07, 6.45) is 5.22. The Labute approximate surface area is 89.1 Å². The lowest BCUT2D eigenvalue weighted by molar-refractivity contribution is -0.298. The van der Waals surface area contributed by atoms with Crippen LogP contribution in [0.4, 0.5) is 0 Å². The van der Waals surface area contributed by atoms with Crippen molar-refractivity contribution in [1.82, 2.24) is 0 Å². The maximum atomic E-state index is 9.45. The van der Waals surface area contributed by atoms with Gasteiger partial charge in [-0.1, -0.05) is 13.2 Å². The lowest BCUT2D eigenvalue weighted by atomic mass is 9.92. The maximum Gasteiger partial charge on any atom is 0.273 e. The van der Waals surface area contributed by atoms with Crippen LogP contribution in [0, 0.1) is 0 Å². The van der Waals surface area contributed by atoms with Crippen LogP contribution >= 0.6 is 0 Å². The molecule has 0 amide bonds. The highest BCUT2D eigenvalue weighted by Gasteiger charge is 2.67. The average molecular weight is 212 g/mol. The molecule has 1 aliphatic heterocycles. The van der Waals surface area contributed by atoms with Gasteiger partial charge in [-0.25, -0.2) is 0 Å². The number of hydrogen-bond acceptors (Lipinski definition) is 4. The van der Waals surface area contributed by atoms with E-state index in [2.05, 4.69) is 13.2 Å². The van der Waals surface area contributed by atoms with Gasteiger partial charge in [0.05, 0.1) is 18.6 Å². The van der Waals surface area contributed by atoms with E-state index in [9.17, 15) is 5.11 Å². The second-order valence-electron chi connectivity index (χ2n) is 3.96. The molecule has 0 aromatic heterocycles. The monoisotopic (exact) mass is 212 g/mol. The van der Waals surface area contributed by atoms with Gasteiger partial charge in [0.25, 0.3) is 5.79 Å². The van der Waals surface area contributed by atoms with Crippen molar-refractivity contribution in [2.75, 3.05) is 6.61 Å². The topological polar surface area (TPSA) is 47.9 Å². The second-order valence-corrected chi connectivity index (χ2v) is 3.96. The van der Waals surface area contributed by atoms with Crippen LogP contribution < -0.4 is 0 Å². The van der Waals surface area contributed by atoms with Gasteiger partial charge in [0, 0.05) is 6.42 Å². The molecular weight excluding hydrogens is 196 g/mol. The molecule has 4 nitrogen and oxygen atoms in total. The fourth-order valence-corrected chi connectivity index (χ4v) is 2.63. The van der Waals surface area contributed by atoms with Crippen LogP contribution in [0.25, 0.3) is 0 Å². The molecule has 0 aromatic rings. The molecule has 3 atom stereocenters. The van der Waals surface area contributed by atoms with Crippen molar-refractivity contribution in [3.63, 3.8) is 0 Å². The average Bonchev–Trinajstić information content (AvgIpc) is 2.74. The molecule has 0 radical (unpaired) electrons. The third-order valence-electron chi connectivity index (χ3n) is 3.27. The van der Waals surface area contributed by atoms with Crippen molar-refractivity contribution in [2.24, 2.45) is 0 Å². The summed E-state index contributed by atoms with van der Waals surface area (Å²) < 4.78 is 16.6. The van der Waals surface area contributed by atoms with E-state index in [0.717, 1.165) is 19.3 Å². The summed E-state index contributed by atoms with van der Waals surface area (Å²) in [5.41, 5.74) is -0.609. The molecule has 1 aliphatic carbocycles. The van der Waals surface area contributed by atoms with Crippen LogP contribution in [0.15, 0.2) is 25.7 Å². The molecule has 2 aliphatic rings. The fraction of sp³-hybridized carbons (Fsp3) is 0.636. The van der Waals surface area contributed by atoms with Crippen molar-refractivity contribution in [1.29, 1.82) is 0 Å². The highest BCUT2D eigenvalue weighted by atomic mass is 16.7. The predicted molar refractivity (Wildman–Crippen MR) is 53.8 cm³/mol. The zero-order chi connectivity index (χ0) is 10.9. The number of hydrogen-bond donors (Lipinski definition) is 1. The Bertz CT molecular complexity index is 268. The molecule has 84 valence electrons. The van der Waals surface area contributed by atoms with Gasteiger partial charge in [-0.3, -0.25) is 0 Å². The zero-order valence-electron chi connectivity index (χ0n) is 8.65. The molecule has 4 heteroatoms. The molecule has 2 bridgehead atoms. The molecule has 2 fully saturated rings. The third-order valence-corrected chi connectivity index (χ3v) is 3.27. The van der Waals surface area contributed by atoms with Gasteiger partial charge in [-0.2, -0.15) is 0 Å². The molecule has 1 saturated heterocycles. The molecule has 15 heavy (non-hydrogen) atoms. The molecule has 1 N–H and O–H groups in total. The molecule has 0 spiro atoms. The summed E-state index contributed by atoms with van der Waals surface area (Å²) in [6, 6.07) is 0. The van der Waals surface area contributed by atoms with E-state index in [0.29, 0.717) is 0 Å². The van der Waals surface area contributed by atoms with Crippen LogP contribution in [0.1, 0.15) is 19.3 Å². The smallest absolute Gasteiger partial charge is 0.273 e. The quantitative estimate of drug-likeness (QED) is 0.698. The van der Waals surface area contributed by atoms with Crippen molar-refractivity contribution in [2.45, 2.75) is 36.8 Å². The Kier molecular flexibility index (Phi) is 2.48. The molecule has 2 rings (SSSR count). The Morgan fingerprint density at radius 2 is 2.13 bits per heavy atom. The van der Waals surface area contributed by atoms with Crippen LogP contribution in [0.5, 0.6) is 0 Å². The van der Waals surface area contributed by atoms with Gasteiger partial charge in [0.1, 0.15) is 6.61 Å². The lowest BCUT2D eigenvalue weighted by Crippen LogP contribution is -2.56. The van der Waals surface area contributed by atoms with E-state index in [1.54, 1.807) is 0 Å². The van der Waals surface area contributed by atoms with E-state index < -0.39 is 11.4 Å². The summed E-state index contributed by atoms with van der Waals surface area (Å²) in [4.78, 5) is 0. The van der Waals surface area contributed by atoms with Crippen molar-refractivity contribution >= 4 is 0 Å². The first kappa shape index (κ1) is 10.5. The highest BCUT2D eigenvalue weighted by molar-refractivity contribution is 5.10. The molecule has 1 heterocycles. The van der Waals surface area contributed by atoms with Gasteiger partial charge in [0.15, 0.2) is 5.60 Å². The molecule has 1 saturated carbocycles. The summed E-state index contributed by atoms with van der Waals surface area (Å²) in [6.45, 7) is 6.81. The van der Waals surface area contributed by atoms with Gasteiger partial charge >= 0.3 is 0 Å². The van der Waals surface area contributed by atoms with Crippen LogP contribution in [0.3, 0.4) is 0 Å². The summed E-state index contributed by atoms with van der Waals surface area (Å²) >= 11 is 0. The SMILES string of the molecule is C=COC12CCC(C1)OC2(CO)OC=C. The van der Waals surface area contributed by atoms with Gasteiger partial charge < -0.3 is 19.3 Å². The Morgan fingerprint density at radius 3 is 2.67 bits per heavy atom. The fourth-order valence-electron chi connectivity index (χ4n) is 2.63. The first-order valence-corrected chi connectivity index (χ1v) is 5.08. The summed E-state index contributed by atoms with van der Waals surface area (Å²) in [5, 5.41) is 9.45. The van der Waals surface area contributed by atoms with E-state index in [4.69, 9.17) is 14.2 Å². The van der Waals surface area contributed by atoms with Crippen LogP contribution in [0.2, 0.25) is 0 Å². The summed E-state index contributed by atoms with van der Waals surface area (Å²) in [7, 11) is 0. The van der Waals surface area contributed by atoms with Gasteiger partial charge in [-0.05, 0) is 12.8 Å². The van der Waals surface area contributed by atoms with E-state index in [1.807, 2.05) is 0 Å². The van der Waals surface area contributed by atoms with Crippen LogP contribution in [-0.2, 0) is 14.2 Å². The number of fused-ring (bicyclic) bond motifs is 2. The van der Waals surface area contributed by atoms with Gasteiger partial charge in [-0.15, -0.1) is 0 Å². The van der Waals surface area contributed by atoms with Crippen molar-refractivity contribution in [3.8, 4) is 0 Å². The number of aliphatic hydroxyl groups excluding tert-OH is 1. The summed E-state index contributed by atoms with van der Waals surface area (Å²) in [5.74, 6) is -1.11. The Balaban J connectivity index is 2.30. The van der Waals surface area contributed by atoms with E-state index in [-0.39, 0.29) is 12.7 Å². The minimum atomic E-state index is -1.11. The van der Waals surface area contributed by atoms with Crippen molar-refractivity contribution < 1.29 is 19.3 Å². The largest absolute Gasteiger partial charge is 0.488 e. The minimum absolute atomic E-state index is 0.0945. The number of rotatable bonds is 5. The first-order chi connectivity index (χ1) is 7.22. The number of ether oxygens (including phenoxy) is 3.